The zero-order valence-electron chi connectivity index (χ0n) is 14.5. The van der Waals surface area contributed by atoms with Crippen LogP contribution in [-0.2, 0) is 11.2 Å². The molecule has 0 unspecified atom stereocenters. The first kappa shape index (κ1) is 19.6. The van der Waals surface area contributed by atoms with Gasteiger partial charge in [-0.2, -0.15) is 0 Å². The zero-order chi connectivity index (χ0) is 18.4. The van der Waals surface area contributed by atoms with E-state index in [0.717, 1.165) is 15.2 Å². The average molecular weight is 424 g/mol. The lowest BCUT2D eigenvalue weighted by Gasteiger charge is -2.21. The number of carbonyl (C=O) groups is 2. The molecule has 0 saturated carbocycles. The van der Waals surface area contributed by atoms with Crippen molar-refractivity contribution in [3.05, 3.63) is 50.4 Å². The van der Waals surface area contributed by atoms with Crippen molar-refractivity contribution in [3.63, 3.8) is 0 Å². The van der Waals surface area contributed by atoms with E-state index in [1.54, 1.807) is 35.6 Å². The third-order valence-electron chi connectivity index (χ3n) is 3.69. The fourth-order valence-corrected chi connectivity index (χ4v) is 3.22. The molecule has 0 radical (unpaired) electrons. The van der Waals surface area contributed by atoms with E-state index in [-0.39, 0.29) is 17.7 Å². The number of thiazole rings is 1. The van der Waals surface area contributed by atoms with Gasteiger partial charge in [0, 0.05) is 28.4 Å². The molecule has 1 aromatic heterocycles. The van der Waals surface area contributed by atoms with Crippen LogP contribution >= 0.6 is 27.3 Å². The average Bonchev–Trinajstić information content (AvgIpc) is 2.98. The van der Waals surface area contributed by atoms with E-state index in [4.69, 9.17) is 0 Å². The summed E-state index contributed by atoms with van der Waals surface area (Å²) in [5.74, 6) is -0.440. The molecule has 2 amide bonds. The molecule has 2 rings (SSSR count). The van der Waals surface area contributed by atoms with Gasteiger partial charge in [0.2, 0.25) is 5.91 Å². The predicted molar refractivity (Wildman–Crippen MR) is 104 cm³/mol. The predicted octanol–water partition coefficient (Wildman–Crippen LogP) is 3.33. The lowest BCUT2D eigenvalue weighted by atomic mass is 10.0. The second kappa shape index (κ2) is 9.10. The van der Waals surface area contributed by atoms with Gasteiger partial charge in [-0.05, 0) is 37.1 Å². The first-order chi connectivity index (χ1) is 11.9. The van der Waals surface area contributed by atoms with Crippen LogP contribution in [0.4, 0.5) is 0 Å². The number of hydrogen-bond acceptors (Lipinski definition) is 4. The Balaban J connectivity index is 1.91. The summed E-state index contributed by atoms with van der Waals surface area (Å²) in [4.78, 5) is 29.2. The normalized spacial score (nSPS) is 12.0. The number of nitrogens with zero attached hydrogens (tertiary/aromatic N) is 1. The molecule has 25 heavy (non-hydrogen) atoms. The quantitative estimate of drug-likeness (QED) is 0.717. The molecule has 0 fully saturated rings. The minimum Gasteiger partial charge on any atom is -0.354 e. The van der Waals surface area contributed by atoms with E-state index >= 15 is 0 Å². The highest BCUT2D eigenvalue weighted by Crippen LogP contribution is 2.12. The molecular weight excluding hydrogens is 402 g/mol. The van der Waals surface area contributed by atoms with Crippen LogP contribution in [0.25, 0.3) is 0 Å². The third-order valence-corrected chi connectivity index (χ3v) is 5.04. The molecule has 1 atom stereocenters. The van der Waals surface area contributed by atoms with Crippen LogP contribution < -0.4 is 10.6 Å². The van der Waals surface area contributed by atoms with Gasteiger partial charge in [-0.1, -0.05) is 29.8 Å². The van der Waals surface area contributed by atoms with Crippen molar-refractivity contribution in [2.24, 2.45) is 5.92 Å². The highest BCUT2D eigenvalue weighted by Gasteiger charge is 2.24. The Morgan fingerprint density at radius 3 is 2.48 bits per heavy atom. The molecule has 0 spiro atoms. The summed E-state index contributed by atoms with van der Waals surface area (Å²) in [7, 11) is 0. The summed E-state index contributed by atoms with van der Waals surface area (Å²) in [5.41, 5.74) is 1.50. The van der Waals surface area contributed by atoms with E-state index in [0.29, 0.717) is 18.5 Å². The van der Waals surface area contributed by atoms with Gasteiger partial charge < -0.3 is 10.6 Å². The monoisotopic (exact) mass is 423 g/mol. The highest BCUT2D eigenvalue weighted by atomic mass is 79.9. The largest absolute Gasteiger partial charge is 0.354 e. The second-order valence-corrected chi connectivity index (χ2v) is 8.08. The first-order valence-corrected chi connectivity index (χ1v) is 9.79. The maximum absolute atomic E-state index is 12.4. The van der Waals surface area contributed by atoms with E-state index in [2.05, 4.69) is 31.5 Å². The molecule has 0 bridgehead atoms. The number of aromatic nitrogens is 1. The van der Waals surface area contributed by atoms with E-state index in [1.807, 2.05) is 26.2 Å². The molecular formula is C18H22BrN3O2S. The maximum Gasteiger partial charge on any atom is 0.251 e. The molecule has 2 N–H and O–H groups in total. The molecule has 0 saturated heterocycles. The molecule has 2 aromatic rings. The molecule has 0 aliphatic carbocycles. The van der Waals surface area contributed by atoms with Gasteiger partial charge in [0.1, 0.15) is 6.04 Å². The number of rotatable bonds is 7. The summed E-state index contributed by atoms with van der Waals surface area (Å²) < 4.78 is 0.902. The fourth-order valence-electron chi connectivity index (χ4n) is 2.31. The molecule has 1 heterocycles. The Morgan fingerprint density at radius 2 is 1.92 bits per heavy atom. The summed E-state index contributed by atoms with van der Waals surface area (Å²) in [6.45, 7) is 6.28. The van der Waals surface area contributed by atoms with Gasteiger partial charge in [-0.15, -0.1) is 11.3 Å². The topological polar surface area (TPSA) is 71.1 Å². The van der Waals surface area contributed by atoms with Gasteiger partial charge in [0.25, 0.3) is 5.91 Å². The minimum atomic E-state index is -0.576. The van der Waals surface area contributed by atoms with Crippen molar-refractivity contribution >= 4 is 39.1 Å². The number of aryl methyl sites for hydroxylation is 1. The molecule has 0 aliphatic rings. The van der Waals surface area contributed by atoms with Crippen molar-refractivity contribution in [2.75, 3.05) is 6.54 Å². The van der Waals surface area contributed by atoms with Gasteiger partial charge in [-0.3, -0.25) is 9.59 Å². The van der Waals surface area contributed by atoms with Gasteiger partial charge >= 0.3 is 0 Å². The Morgan fingerprint density at radius 1 is 1.24 bits per heavy atom. The van der Waals surface area contributed by atoms with Crippen molar-refractivity contribution in [2.45, 2.75) is 33.2 Å². The van der Waals surface area contributed by atoms with Crippen LogP contribution in [0.2, 0.25) is 0 Å². The molecule has 5 nitrogen and oxygen atoms in total. The minimum absolute atomic E-state index is 0.0130. The van der Waals surface area contributed by atoms with E-state index < -0.39 is 6.04 Å². The number of carbonyl (C=O) groups excluding carboxylic acids is 2. The number of nitrogens with one attached hydrogen (secondary N) is 2. The van der Waals surface area contributed by atoms with Crippen molar-refractivity contribution in [1.82, 2.24) is 15.6 Å². The van der Waals surface area contributed by atoms with Gasteiger partial charge in [-0.25, -0.2) is 4.98 Å². The molecule has 1 aromatic carbocycles. The van der Waals surface area contributed by atoms with Crippen LogP contribution in [-0.4, -0.2) is 29.4 Å². The Hall–Kier alpha value is -1.73. The maximum atomic E-state index is 12.4. The zero-order valence-corrected chi connectivity index (χ0v) is 16.9. The van der Waals surface area contributed by atoms with Crippen LogP contribution in [0.5, 0.6) is 0 Å². The van der Waals surface area contributed by atoms with Crippen molar-refractivity contribution < 1.29 is 9.59 Å². The standard InChI is InChI=1S/C18H22BrN3O2S/c1-11(2)16(22-17(23)13-4-6-14(19)7-5-13)18(24)20-9-8-15-10-25-12(3)21-15/h4-7,10-11,16H,8-9H2,1-3H3,(H,20,24)(H,22,23)/t16-/m1/s1. The number of hydrogen-bond donors (Lipinski definition) is 2. The van der Waals surface area contributed by atoms with Gasteiger partial charge in [0.15, 0.2) is 0 Å². The fraction of sp³-hybridized carbons (Fsp3) is 0.389. The lowest BCUT2D eigenvalue weighted by Crippen LogP contribution is -2.50. The Labute approximate surface area is 160 Å². The van der Waals surface area contributed by atoms with Crippen molar-refractivity contribution in [1.29, 1.82) is 0 Å². The van der Waals surface area contributed by atoms with Gasteiger partial charge in [0.05, 0.1) is 10.7 Å². The smallest absolute Gasteiger partial charge is 0.251 e. The summed E-state index contributed by atoms with van der Waals surface area (Å²) in [5, 5.41) is 8.73. The summed E-state index contributed by atoms with van der Waals surface area (Å²) >= 11 is 4.94. The number of halogens is 1. The van der Waals surface area contributed by atoms with E-state index in [1.165, 1.54) is 0 Å². The van der Waals surface area contributed by atoms with Crippen LogP contribution in [0.15, 0.2) is 34.1 Å². The summed E-state index contributed by atoms with van der Waals surface area (Å²) in [6.07, 6.45) is 0.682. The highest BCUT2D eigenvalue weighted by molar-refractivity contribution is 9.10. The number of benzene rings is 1. The van der Waals surface area contributed by atoms with Crippen LogP contribution in [0.3, 0.4) is 0 Å². The van der Waals surface area contributed by atoms with E-state index in [9.17, 15) is 9.59 Å². The molecule has 7 heteroatoms. The number of amides is 2. The van der Waals surface area contributed by atoms with Crippen molar-refractivity contribution in [3.8, 4) is 0 Å². The Bertz CT molecular complexity index is 728. The molecule has 134 valence electrons. The lowest BCUT2D eigenvalue weighted by molar-refractivity contribution is -0.123. The summed E-state index contributed by atoms with van der Waals surface area (Å²) in [6, 6.07) is 6.47. The SMILES string of the molecule is Cc1nc(CCNC(=O)[C@H](NC(=O)c2ccc(Br)cc2)C(C)C)cs1. The third kappa shape index (κ3) is 5.93. The van der Waals surface area contributed by atoms with Crippen LogP contribution in [0.1, 0.15) is 34.9 Å². The van der Waals surface area contributed by atoms with Crippen LogP contribution in [0, 0.1) is 12.8 Å². The second-order valence-electron chi connectivity index (χ2n) is 6.10. The Kier molecular flexibility index (Phi) is 7.13. The first-order valence-electron chi connectivity index (χ1n) is 8.12. The molecule has 0 aliphatic heterocycles.